The third-order valence-electron chi connectivity index (χ3n) is 2.88. The molecule has 2 aromatic carbocycles. The molecule has 0 aromatic heterocycles. The van der Waals surface area contributed by atoms with Gasteiger partial charge >= 0.3 is 5.97 Å². The molecule has 0 spiro atoms. The first-order valence-electron chi connectivity index (χ1n) is 6.38. The molecular weight excluding hydrogens is 286 g/mol. The SMILES string of the molecule is Cc1cccc(C(=O)O)c1NC(=O)CSc1ccccc1. The van der Waals surface area contributed by atoms with Crippen molar-refractivity contribution < 1.29 is 14.7 Å². The molecule has 0 radical (unpaired) electrons. The number of rotatable bonds is 5. The highest BCUT2D eigenvalue weighted by Gasteiger charge is 2.14. The number of hydrogen-bond acceptors (Lipinski definition) is 3. The minimum atomic E-state index is -1.05. The fourth-order valence-electron chi connectivity index (χ4n) is 1.85. The van der Waals surface area contributed by atoms with Gasteiger partial charge in [0.2, 0.25) is 5.91 Å². The highest BCUT2D eigenvalue weighted by molar-refractivity contribution is 8.00. The lowest BCUT2D eigenvalue weighted by molar-refractivity contribution is -0.113. The Labute approximate surface area is 127 Å². The van der Waals surface area contributed by atoms with Crippen molar-refractivity contribution in [3.63, 3.8) is 0 Å². The lowest BCUT2D eigenvalue weighted by atomic mass is 10.1. The molecule has 21 heavy (non-hydrogen) atoms. The van der Waals surface area contributed by atoms with Crippen LogP contribution in [-0.4, -0.2) is 22.7 Å². The van der Waals surface area contributed by atoms with Crippen LogP contribution in [0.2, 0.25) is 0 Å². The average Bonchev–Trinajstić information content (AvgIpc) is 2.48. The molecule has 2 aromatic rings. The second kappa shape index (κ2) is 6.95. The van der Waals surface area contributed by atoms with Crippen LogP contribution in [0.3, 0.4) is 0 Å². The number of aryl methyl sites for hydroxylation is 1. The summed E-state index contributed by atoms with van der Waals surface area (Å²) in [5.41, 5.74) is 1.20. The van der Waals surface area contributed by atoms with Gasteiger partial charge in [-0.3, -0.25) is 4.79 Å². The summed E-state index contributed by atoms with van der Waals surface area (Å²) in [5, 5.41) is 11.8. The number of amides is 1. The molecule has 108 valence electrons. The zero-order valence-corrected chi connectivity index (χ0v) is 12.3. The molecule has 1 amide bonds. The quantitative estimate of drug-likeness (QED) is 0.830. The molecule has 0 aliphatic rings. The first-order valence-corrected chi connectivity index (χ1v) is 7.37. The van der Waals surface area contributed by atoms with Crippen LogP contribution in [0.1, 0.15) is 15.9 Å². The number of para-hydroxylation sites is 1. The van der Waals surface area contributed by atoms with Gasteiger partial charge in [0.1, 0.15) is 0 Å². The lowest BCUT2D eigenvalue weighted by Crippen LogP contribution is -2.17. The Balaban J connectivity index is 2.05. The Kier molecular flexibility index (Phi) is 5.00. The van der Waals surface area contributed by atoms with Gasteiger partial charge in [-0.2, -0.15) is 0 Å². The monoisotopic (exact) mass is 301 g/mol. The van der Waals surface area contributed by atoms with Gasteiger partial charge < -0.3 is 10.4 Å². The normalized spacial score (nSPS) is 10.1. The van der Waals surface area contributed by atoms with E-state index in [1.54, 1.807) is 19.1 Å². The van der Waals surface area contributed by atoms with E-state index >= 15 is 0 Å². The summed E-state index contributed by atoms with van der Waals surface area (Å²) < 4.78 is 0. The zero-order valence-electron chi connectivity index (χ0n) is 11.5. The standard InChI is InChI=1S/C16H15NO3S/c1-11-6-5-9-13(16(19)20)15(11)17-14(18)10-21-12-7-3-2-4-8-12/h2-9H,10H2,1H3,(H,17,18)(H,19,20). The van der Waals surface area contributed by atoms with Crippen LogP contribution >= 0.6 is 11.8 Å². The third kappa shape index (κ3) is 4.10. The fraction of sp³-hybridized carbons (Fsp3) is 0.125. The van der Waals surface area contributed by atoms with E-state index < -0.39 is 5.97 Å². The number of nitrogens with one attached hydrogen (secondary N) is 1. The van der Waals surface area contributed by atoms with Crippen LogP contribution in [0.5, 0.6) is 0 Å². The van der Waals surface area contributed by atoms with Crippen molar-refractivity contribution in [3.8, 4) is 0 Å². The Bertz CT molecular complexity index is 656. The largest absolute Gasteiger partial charge is 0.478 e. The first kappa shape index (κ1) is 15.1. The molecule has 5 heteroatoms. The molecule has 0 heterocycles. The molecular formula is C16H15NO3S. The van der Waals surface area contributed by atoms with Crippen LogP contribution in [0, 0.1) is 6.92 Å². The van der Waals surface area contributed by atoms with Crippen LogP contribution < -0.4 is 5.32 Å². The second-order valence-corrected chi connectivity index (χ2v) is 5.50. The summed E-state index contributed by atoms with van der Waals surface area (Å²) in [6.07, 6.45) is 0. The summed E-state index contributed by atoms with van der Waals surface area (Å²) in [5.74, 6) is -1.04. The lowest BCUT2D eigenvalue weighted by Gasteiger charge is -2.11. The van der Waals surface area contributed by atoms with Crippen LogP contribution in [0.25, 0.3) is 0 Å². The van der Waals surface area contributed by atoms with Crippen molar-refractivity contribution in [3.05, 3.63) is 59.7 Å². The van der Waals surface area contributed by atoms with Gasteiger partial charge in [-0.25, -0.2) is 4.79 Å². The van der Waals surface area contributed by atoms with Gasteiger partial charge in [0.25, 0.3) is 0 Å². The van der Waals surface area contributed by atoms with Gasteiger partial charge in [0.05, 0.1) is 17.0 Å². The van der Waals surface area contributed by atoms with E-state index in [9.17, 15) is 9.59 Å². The van der Waals surface area contributed by atoms with Crippen molar-refractivity contribution in [2.75, 3.05) is 11.1 Å². The number of hydrogen-bond donors (Lipinski definition) is 2. The Morgan fingerprint density at radius 1 is 1.10 bits per heavy atom. The number of carbonyl (C=O) groups is 2. The first-order chi connectivity index (χ1) is 10.1. The Hall–Kier alpha value is -2.27. The molecule has 0 saturated heterocycles. The molecule has 4 nitrogen and oxygen atoms in total. The van der Waals surface area contributed by atoms with E-state index in [0.717, 1.165) is 10.5 Å². The van der Waals surface area contributed by atoms with Crippen molar-refractivity contribution >= 4 is 29.3 Å². The third-order valence-corrected chi connectivity index (χ3v) is 3.89. The molecule has 0 fully saturated rings. The Morgan fingerprint density at radius 3 is 2.48 bits per heavy atom. The van der Waals surface area contributed by atoms with Crippen molar-refractivity contribution in [1.29, 1.82) is 0 Å². The maximum absolute atomic E-state index is 12.0. The predicted molar refractivity (Wildman–Crippen MR) is 83.9 cm³/mol. The average molecular weight is 301 g/mol. The van der Waals surface area contributed by atoms with E-state index in [4.69, 9.17) is 5.11 Å². The number of thioether (sulfide) groups is 1. The topological polar surface area (TPSA) is 66.4 Å². The molecule has 2 rings (SSSR count). The minimum absolute atomic E-state index is 0.105. The van der Waals surface area contributed by atoms with Crippen LogP contribution in [0.15, 0.2) is 53.4 Å². The van der Waals surface area contributed by atoms with E-state index in [1.807, 2.05) is 30.3 Å². The summed E-state index contributed by atoms with van der Waals surface area (Å²) in [4.78, 5) is 24.2. The van der Waals surface area contributed by atoms with E-state index in [-0.39, 0.29) is 17.2 Å². The Morgan fingerprint density at radius 2 is 1.81 bits per heavy atom. The summed E-state index contributed by atoms with van der Waals surface area (Å²) in [6, 6.07) is 14.5. The number of carboxylic acids is 1. The summed E-state index contributed by atoms with van der Waals surface area (Å²) >= 11 is 1.41. The smallest absolute Gasteiger partial charge is 0.337 e. The van der Waals surface area contributed by atoms with E-state index in [1.165, 1.54) is 17.8 Å². The molecule has 2 N–H and O–H groups in total. The molecule has 0 saturated carbocycles. The number of carboxylic acid groups (broad SMARTS) is 1. The number of anilines is 1. The maximum atomic E-state index is 12.0. The molecule has 0 aliphatic heterocycles. The highest BCUT2D eigenvalue weighted by Crippen LogP contribution is 2.22. The van der Waals surface area contributed by atoms with Crippen LogP contribution in [0.4, 0.5) is 5.69 Å². The molecule has 0 atom stereocenters. The predicted octanol–water partition coefficient (Wildman–Crippen LogP) is 3.42. The fourth-order valence-corrected chi connectivity index (χ4v) is 2.57. The van der Waals surface area contributed by atoms with Crippen molar-refractivity contribution in [2.24, 2.45) is 0 Å². The summed E-state index contributed by atoms with van der Waals surface area (Å²) in [7, 11) is 0. The number of benzene rings is 2. The second-order valence-electron chi connectivity index (χ2n) is 4.45. The van der Waals surface area contributed by atoms with E-state index in [2.05, 4.69) is 5.32 Å². The highest BCUT2D eigenvalue weighted by atomic mass is 32.2. The summed E-state index contributed by atoms with van der Waals surface area (Å²) in [6.45, 7) is 1.77. The molecule has 0 aliphatic carbocycles. The van der Waals surface area contributed by atoms with Gasteiger partial charge in [-0.1, -0.05) is 30.3 Å². The van der Waals surface area contributed by atoms with Crippen LogP contribution in [-0.2, 0) is 4.79 Å². The van der Waals surface area contributed by atoms with Gasteiger partial charge in [-0.05, 0) is 30.7 Å². The van der Waals surface area contributed by atoms with Crippen molar-refractivity contribution in [1.82, 2.24) is 0 Å². The molecule has 0 unspecified atom stereocenters. The van der Waals surface area contributed by atoms with Gasteiger partial charge in [0, 0.05) is 4.90 Å². The van der Waals surface area contributed by atoms with E-state index in [0.29, 0.717) is 5.69 Å². The molecule has 0 bridgehead atoms. The van der Waals surface area contributed by atoms with Gasteiger partial charge in [-0.15, -0.1) is 11.8 Å². The zero-order chi connectivity index (χ0) is 15.2. The maximum Gasteiger partial charge on any atom is 0.337 e. The minimum Gasteiger partial charge on any atom is -0.478 e. The van der Waals surface area contributed by atoms with Gasteiger partial charge in [0.15, 0.2) is 0 Å². The van der Waals surface area contributed by atoms with Crippen molar-refractivity contribution in [2.45, 2.75) is 11.8 Å². The number of aromatic carboxylic acids is 1. The number of carbonyl (C=O) groups excluding carboxylic acids is 1.